The van der Waals surface area contributed by atoms with Crippen molar-refractivity contribution in [3.63, 3.8) is 0 Å². The normalized spacial score (nSPS) is 29.7. The Bertz CT molecular complexity index is 223. The van der Waals surface area contributed by atoms with Crippen LogP contribution in [0.5, 0.6) is 0 Å². The van der Waals surface area contributed by atoms with Gasteiger partial charge in [0.2, 0.25) is 0 Å². The topological polar surface area (TPSA) is 24.5 Å². The second kappa shape index (κ2) is 7.46. The summed E-state index contributed by atoms with van der Waals surface area (Å²) >= 11 is 0. The van der Waals surface area contributed by atoms with Crippen LogP contribution in [0.25, 0.3) is 0 Å². The smallest absolute Gasteiger partial charge is 0.0477 e. The average Bonchev–Trinajstić information content (AvgIpc) is 2.93. The Morgan fingerprint density at radius 2 is 2.00 bits per heavy atom. The molecule has 18 heavy (non-hydrogen) atoms. The molecule has 1 saturated carbocycles. The first-order valence-electron chi connectivity index (χ1n) is 7.83. The summed E-state index contributed by atoms with van der Waals surface area (Å²) in [5, 5.41) is 3.56. The number of hydrogen-bond acceptors (Lipinski definition) is 3. The maximum absolute atomic E-state index is 5.34. The van der Waals surface area contributed by atoms with E-state index in [4.69, 9.17) is 4.74 Å². The summed E-state index contributed by atoms with van der Waals surface area (Å²) in [4.78, 5) is 2.70. The second-order valence-corrected chi connectivity index (χ2v) is 6.01. The van der Waals surface area contributed by atoms with Crippen molar-refractivity contribution in [2.75, 3.05) is 39.4 Å². The van der Waals surface area contributed by atoms with Crippen LogP contribution in [0.2, 0.25) is 0 Å². The van der Waals surface area contributed by atoms with E-state index in [0.29, 0.717) is 6.04 Å². The van der Waals surface area contributed by atoms with Crippen molar-refractivity contribution in [2.45, 2.75) is 45.6 Å². The molecular weight excluding hydrogens is 224 g/mol. The lowest BCUT2D eigenvalue weighted by atomic mass is 10.0. The summed E-state index contributed by atoms with van der Waals surface area (Å²) in [5.74, 6) is 2.04. The van der Waals surface area contributed by atoms with E-state index in [0.717, 1.165) is 44.6 Å². The SMILES string of the molecule is CCOCCCNCC(C)N1CC2CCCC2C1. The van der Waals surface area contributed by atoms with E-state index < -0.39 is 0 Å². The highest BCUT2D eigenvalue weighted by molar-refractivity contribution is 4.90. The molecule has 0 aromatic rings. The lowest BCUT2D eigenvalue weighted by Crippen LogP contribution is -2.39. The molecule has 2 fully saturated rings. The number of nitrogens with zero attached hydrogens (tertiary/aromatic N) is 1. The largest absolute Gasteiger partial charge is 0.382 e. The molecule has 0 amide bonds. The van der Waals surface area contributed by atoms with Crippen molar-refractivity contribution >= 4 is 0 Å². The fourth-order valence-electron chi connectivity index (χ4n) is 3.51. The summed E-state index contributed by atoms with van der Waals surface area (Å²) in [7, 11) is 0. The molecule has 106 valence electrons. The Labute approximate surface area is 112 Å². The van der Waals surface area contributed by atoms with E-state index in [1.807, 2.05) is 0 Å². The van der Waals surface area contributed by atoms with Crippen molar-refractivity contribution in [2.24, 2.45) is 11.8 Å². The van der Waals surface area contributed by atoms with E-state index in [9.17, 15) is 0 Å². The number of ether oxygens (including phenoxy) is 1. The van der Waals surface area contributed by atoms with Crippen molar-refractivity contribution in [3.05, 3.63) is 0 Å². The Morgan fingerprint density at radius 1 is 1.28 bits per heavy atom. The lowest BCUT2D eigenvalue weighted by molar-refractivity contribution is 0.144. The third kappa shape index (κ3) is 3.94. The monoisotopic (exact) mass is 254 g/mol. The molecule has 2 aliphatic rings. The van der Waals surface area contributed by atoms with E-state index in [-0.39, 0.29) is 0 Å². The summed E-state index contributed by atoms with van der Waals surface area (Å²) in [5.41, 5.74) is 0. The van der Waals surface area contributed by atoms with Crippen LogP contribution >= 0.6 is 0 Å². The summed E-state index contributed by atoms with van der Waals surface area (Å²) in [6.07, 6.45) is 5.57. The Kier molecular flexibility index (Phi) is 5.93. The lowest BCUT2D eigenvalue weighted by Gasteiger charge is -2.25. The van der Waals surface area contributed by atoms with Gasteiger partial charge < -0.3 is 10.1 Å². The fourth-order valence-corrected chi connectivity index (χ4v) is 3.51. The fraction of sp³-hybridized carbons (Fsp3) is 1.00. The second-order valence-electron chi connectivity index (χ2n) is 6.01. The quantitative estimate of drug-likeness (QED) is 0.672. The summed E-state index contributed by atoms with van der Waals surface area (Å²) in [6, 6.07) is 0.697. The summed E-state index contributed by atoms with van der Waals surface area (Å²) in [6.45, 7) is 11.1. The maximum Gasteiger partial charge on any atom is 0.0477 e. The van der Waals surface area contributed by atoms with Crippen molar-refractivity contribution in [1.82, 2.24) is 10.2 Å². The van der Waals surface area contributed by atoms with E-state index >= 15 is 0 Å². The van der Waals surface area contributed by atoms with Crippen LogP contribution in [0.15, 0.2) is 0 Å². The predicted molar refractivity (Wildman–Crippen MR) is 75.8 cm³/mol. The molecule has 3 nitrogen and oxygen atoms in total. The number of rotatable bonds is 8. The molecule has 3 heteroatoms. The first-order chi connectivity index (χ1) is 8.81. The van der Waals surface area contributed by atoms with Crippen molar-refractivity contribution < 1.29 is 4.74 Å². The van der Waals surface area contributed by atoms with Crippen LogP contribution in [0, 0.1) is 11.8 Å². The van der Waals surface area contributed by atoms with Crippen LogP contribution in [0.3, 0.4) is 0 Å². The van der Waals surface area contributed by atoms with Gasteiger partial charge in [-0.3, -0.25) is 4.90 Å². The van der Waals surface area contributed by atoms with Gasteiger partial charge in [-0.25, -0.2) is 0 Å². The molecule has 2 rings (SSSR count). The molecule has 0 aromatic carbocycles. The van der Waals surface area contributed by atoms with Crippen LogP contribution in [0.1, 0.15) is 39.5 Å². The molecule has 1 N–H and O–H groups in total. The molecule has 3 unspecified atom stereocenters. The first-order valence-corrected chi connectivity index (χ1v) is 7.83. The zero-order valence-corrected chi connectivity index (χ0v) is 12.2. The molecule has 0 aromatic heterocycles. The predicted octanol–water partition coefficient (Wildman–Crippen LogP) is 2.12. The van der Waals surface area contributed by atoms with Crippen molar-refractivity contribution in [1.29, 1.82) is 0 Å². The van der Waals surface area contributed by atoms with Gasteiger partial charge in [0.15, 0.2) is 0 Å². The molecule has 0 bridgehead atoms. The minimum absolute atomic E-state index is 0.697. The standard InChI is InChI=1S/C15H30N2O/c1-3-18-9-5-8-16-10-13(2)17-11-14-6-4-7-15(14)12-17/h13-16H,3-12H2,1-2H3. The van der Waals surface area contributed by atoms with Gasteiger partial charge in [-0.05, 0) is 51.5 Å². The van der Waals surface area contributed by atoms with E-state index in [1.165, 1.54) is 32.4 Å². The number of nitrogens with one attached hydrogen (secondary N) is 1. The van der Waals surface area contributed by atoms with Crippen LogP contribution in [-0.4, -0.2) is 50.3 Å². The van der Waals surface area contributed by atoms with E-state index in [1.54, 1.807) is 0 Å². The molecule has 0 radical (unpaired) electrons. The molecule has 0 spiro atoms. The molecule has 1 aliphatic carbocycles. The van der Waals surface area contributed by atoms with Gasteiger partial charge >= 0.3 is 0 Å². The Hall–Kier alpha value is -0.120. The van der Waals surface area contributed by atoms with Gasteiger partial charge in [-0.2, -0.15) is 0 Å². The van der Waals surface area contributed by atoms with Gasteiger partial charge in [0.1, 0.15) is 0 Å². The minimum atomic E-state index is 0.697. The van der Waals surface area contributed by atoms with Gasteiger partial charge in [0.05, 0.1) is 0 Å². The first kappa shape index (κ1) is 14.3. The number of hydrogen-bond donors (Lipinski definition) is 1. The minimum Gasteiger partial charge on any atom is -0.382 e. The van der Waals surface area contributed by atoms with Crippen LogP contribution in [0.4, 0.5) is 0 Å². The Morgan fingerprint density at radius 3 is 2.67 bits per heavy atom. The van der Waals surface area contributed by atoms with Crippen LogP contribution in [-0.2, 0) is 4.74 Å². The molecule has 1 saturated heterocycles. The molecule has 3 atom stereocenters. The number of fused-ring (bicyclic) bond motifs is 1. The zero-order chi connectivity index (χ0) is 12.8. The average molecular weight is 254 g/mol. The zero-order valence-electron chi connectivity index (χ0n) is 12.2. The van der Waals surface area contributed by atoms with Gasteiger partial charge in [-0.1, -0.05) is 6.42 Å². The summed E-state index contributed by atoms with van der Waals surface area (Å²) < 4.78 is 5.34. The highest BCUT2D eigenvalue weighted by Gasteiger charge is 2.37. The number of likely N-dealkylation sites (tertiary alicyclic amines) is 1. The van der Waals surface area contributed by atoms with Crippen LogP contribution < -0.4 is 5.32 Å². The third-order valence-electron chi connectivity index (χ3n) is 4.66. The van der Waals surface area contributed by atoms with Gasteiger partial charge in [0, 0.05) is 38.9 Å². The molecular formula is C15H30N2O. The van der Waals surface area contributed by atoms with Crippen molar-refractivity contribution in [3.8, 4) is 0 Å². The molecule has 1 heterocycles. The van der Waals surface area contributed by atoms with Gasteiger partial charge in [-0.15, -0.1) is 0 Å². The Balaban J connectivity index is 1.54. The highest BCUT2D eigenvalue weighted by atomic mass is 16.5. The highest BCUT2D eigenvalue weighted by Crippen LogP contribution is 2.38. The van der Waals surface area contributed by atoms with E-state index in [2.05, 4.69) is 24.1 Å². The molecule has 1 aliphatic heterocycles. The maximum atomic E-state index is 5.34. The van der Waals surface area contributed by atoms with Gasteiger partial charge in [0.25, 0.3) is 0 Å². The third-order valence-corrected chi connectivity index (χ3v) is 4.66.